The molecule has 4 rings (SSSR count). The van der Waals surface area contributed by atoms with E-state index in [9.17, 15) is 39.4 Å². The van der Waals surface area contributed by atoms with Gasteiger partial charge >= 0.3 is 0 Å². The Morgan fingerprint density at radius 1 is 0.974 bits per heavy atom. The Hall–Kier alpha value is -4.65. The van der Waals surface area contributed by atoms with Crippen LogP contribution in [0, 0.1) is 15.9 Å². The number of halogens is 1. The highest BCUT2D eigenvalue weighted by molar-refractivity contribution is 6.12. The smallest absolute Gasteiger partial charge is 0.280 e. The first-order chi connectivity index (χ1) is 18.7. The SMILES string of the molecule is CNC(=O)c1c(-c2ccc(F)cc2)oc2cc([N+](=O)[O-])c(-c3cccc(C(=O)NC(CO)(CO)CO)c3)cc12. The van der Waals surface area contributed by atoms with Crippen LogP contribution >= 0.6 is 0 Å². The van der Waals surface area contributed by atoms with E-state index < -0.39 is 47.9 Å². The second-order valence-electron chi connectivity index (χ2n) is 8.80. The maximum absolute atomic E-state index is 13.5. The molecule has 1 aromatic heterocycles. The number of benzene rings is 3. The van der Waals surface area contributed by atoms with Crippen LogP contribution in [-0.2, 0) is 0 Å². The van der Waals surface area contributed by atoms with Crippen molar-refractivity contribution in [2.75, 3.05) is 26.9 Å². The molecule has 0 aliphatic carbocycles. The van der Waals surface area contributed by atoms with Gasteiger partial charge in [-0.15, -0.1) is 0 Å². The summed E-state index contributed by atoms with van der Waals surface area (Å²) in [6, 6.07) is 13.6. The van der Waals surface area contributed by atoms with Crippen molar-refractivity contribution in [1.82, 2.24) is 10.6 Å². The molecule has 12 heteroatoms. The lowest BCUT2D eigenvalue weighted by Crippen LogP contribution is -2.57. The van der Waals surface area contributed by atoms with E-state index in [4.69, 9.17) is 4.42 Å². The standard InChI is InChI=1S/C27H24FN3O8/c1-29-26(36)23-20-10-19(16-3-2-4-17(9-16)25(35)30-27(12-32,13-33)14-34)21(31(37)38)11-22(20)39-24(23)15-5-7-18(28)8-6-15/h2-11,32-34H,12-14H2,1H3,(H,29,36)(H,30,35). The number of nitrogens with one attached hydrogen (secondary N) is 2. The lowest BCUT2D eigenvalue weighted by Gasteiger charge is -2.28. The number of aliphatic hydroxyl groups excluding tert-OH is 3. The molecule has 0 bridgehead atoms. The summed E-state index contributed by atoms with van der Waals surface area (Å²) >= 11 is 0. The maximum Gasteiger partial charge on any atom is 0.280 e. The Morgan fingerprint density at radius 2 is 1.64 bits per heavy atom. The van der Waals surface area contributed by atoms with Crippen molar-refractivity contribution in [2.45, 2.75) is 5.54 Å². The molecule has 0 unspecified atom stereocenters. The predicted molar refractivity (Wildman–Crippen MR) is 139 cm³/mol. The molecule has 39 heavy (non-hydrogen) atoms. The van der Waals surface area contributed by atoms with Crippen LogP contribution in [0.4, 0.5) is 10.1 Å². The number of furan rings is 1. The van der Waals surface area contributed by atoms with Crippen molar-refractivity contribution in [3.63, 3.8) is 0 Å². The number of nitro benzene ring substituents is 1. The molecule has 0 aliphatic rings. The molecule has 3 aromatic carbocycles. The minimum absolute atomic E-state index is 0.0346. The average molecular weight is 538 g/mol. The molecule has 0 aliphatic heterocycles. The minimum atomic E-state index is -1.67. The second-order valence-corrected chi connectivity index (χ2v) is 8.80. The van der Waals surface area contributed by atoms with Crippen molar-refractivity contribution < 1.29 is 38.6 Å². The summed E-state index contributed by atoms with van der Waals surface area (Å²) in [4.78, 5) is 37.1. The fourth-order valence-corrected chi connectivity index (χ4v) is 4.08. The van der Waals surface area contributed by atoms with Crippen molar-refractivity contribution in [3.8, 4) is 22.5 Å². The highest BCUT2D eigenvalue weighted by Gasteiger charge is 2.31. The monoisotopic (exact) mass is 537 g/mol. The summed E-state index contributed by atoms with van der Waals surface area (Å²) in [6.45, 7) is -2.19. The first-order valence-corrected chi connectivity index (χ1v) is 11.7. The van der Waals surface area contributed by atoms with Gasteiger partial charge in [0.05, 0.1) is 41.9 Å². The lowest BCUT2D eigenvalue weighted by atomic mass is 9.97. The van der Waals surface area contributed by atoms with Gasteiger partial charge in [-0.2, -0.15) is 0 Å². The molecule has 0 fully saturated rings. The van der Waals surface area contributed by atoms with E-state index in [1.165, 1.54) is 67.7 Å². The van der Waals surface area contributed by atoms with Crippen LogP contribution in [0.2, 0.25) is 0 Å². The van der Waals surface area contributed by atoms with Crippen LogP contribution in [0.25, 0.3) is 33.4 Å². The number of nitro groups is 1. The Labute approximate surface area is 220 Å². The largest absolute Gasteiger partial charge is 0.455 e. The van der Waals surface area contributed by atoms with Crippen LogP contribution in [-0.4, -0.2) is 64.5 Å². The van der Waals surface area contributed by atoms with Crippen LogP contribution in [0.5, 0.6) is 0 Å². The zero-order valence-corrected chi connectivity index (χ0v) is 20.6. The number of carbonyl (C=O) groups is 2. The zero-order valence-electron chi connectivity index (χ0n) is 20.6. The zero-order chi connectivity index (χ0) is 28.3. The summed E-state index contributed by atoms with van der Waals surface area (Å²) in [5, 5.41) is 45.8. The van der Waals surface area contributed by atoms with Gasteiger partial charge in [-0.1, -0.05) is 12.1 Å². The number of hydrogen-bond acceptors (Lipinski definition) is 8. The third-order valence-electron chi connectivity index (χ3n) is 6.29. The van der Waals surface area contributed by atoms with Crippen LogP contribution < -0.4 is 10.6 Å². The summed E-state index contributed by atoms with van der Waals surface area (Å²) in [5.41, 5.74) is -1.14. The van der Waals surface area contributed by atoms with E-state index in [0.29, 0.717) is 5.56 Å². The molecule has 0 saturated carbocycles. The van der Waals surface area contributed by atoms with Crippen molar-refractivity contribution in [1.29, 1.82) is 0 Å². The Kier molecular flexibility index (Phi) is 7.72. The van der Waals surface area contributed by atoms with Crippen molar-refractivity contribution >= 4 is 28.5 Å². The number of fused-ring (bicyclic) bond motifs is 1. The third-order valence-corrected chi connectivity index (χ3v) is 6.29. The van der Waals surface area contributed by atoms with Crippen LogP contribution in [0.1, 0.15) is 20.7 Å². The third kappa shape index (κ3) is 5.21. The van der Waals surface area contributed by atoms with E-state index in [1.807, 2.05) is 0 Å². The van der Waals surface area contributed by atoms with Gasteiger partial charge in [0, 0.05) is 23.6 Å². The highest BCUT2D eigenvalue weighted by atomic mass is 19.1. The van der Waals surface area contributed by atoms with Gasteiger partial charge < -0.3 is 30.4 Å². The predicted octanol–water partition coefficient (Wildman–Crippen LogP) is 2.62. The first kappa shape index (κ1) is 27.4. The molecule has 11 nitrogen and oxygen atoms in total. The van der Waals surface area contributed by atoms with E-state index in [2.05, 4.69) is 10.6 Å². The molecule has 1 heterocycles. The Morgan fingerprint density at radius 3 is 2.23 bits per heavy atom. The molecule has 0 spiro atoms. The summed E-state index contributed by atoms with van der Waals surface area (Å²) in [6.07, 6.45) is 0. The molecular formula is C27H24FN3O8. The maximum atomic E-state index is 13.5. The quantitative estimate of drug-likeness (QED) is 0.160. The number of nitrogens with zero attached hydrogens (tertiary/aromatic N) is 1. The molecule has 202 valence electrons. The molecular weight excluding hydrogens is 513 g/mol. The van der Waals surface area contributed by atoms with Crippen molar-refractivity contribution in [3.05, 3.63) is 87.7 Å². The summed E-state index contributed by atoms with van der Waals surface area (Å²) in [7, 11) is 1.41. The molecule has 4 aromatic rings. The minimum Gasteiger partial charge on any atom is -0.455 e. The second kappa shape index (κ2) is 11.0. The Bertz CT molecular complexity index is 1550. The lowest BCUT2D eigenvalue weighted by molar-refractivity contribution is -0.384. The normalized spacial score (nSPS) is 11.4. The van der Waals surface area contributed by atoms with Gasteiger partial charge in [0.25, 0.3) is 17.5 Å². The van der Waals surface area contributed by atoms with Gasteiger partial charge in [0.15, 0.2) is 0 Å². The Balaban J connectivity index is 1.89. The molecule has 5 N–H and O–H groups in total. The number of hydrogen-bond donors (Lipinski definition) is 5. The fraction of sp³-hybridized carbons (Fsp3) is 0.185. The molecule has 0 saturated heterocycles. The molecule has 0 radical (unpaired) electrons. The average Bonchev–Trinajstić information content (AvgIpc) is 3.33. The van der Waals surface area contributed by atoms with Crippen LogP contribution in [0.3, 0.4) is 0 Å². The van der Waals surface area contributed by atoms with Gasteiger partial charge in [0.1, 0.15) is 22.7 Å². The van der Waals surface area contributed by atoms with Crippen LogP contribution in [0.15, 0.2) is 65.1 Å². The van der Waals surface area contributed by atoms with Gasteiger partial charge in [0.2, 0.25) is 0 Å². The van der Waals surface area contributed by atoms with E-state index in [1.54, 1.807) is 0 Å². The molecule has 0 atom stereocenters. The van der Waals surface area contributed by atoms with Gasteiger partial charge in [-0.25, -0.2) is 4.39 Å². The van der Waals surface area contributed by atoms with Crippen molar-refractivity contribution in [2.24, 2.45) is 0 Å². The summed E-state index contributed by atoms with van der Waals surface area (Å²) < 4.78 is 19.4. The fourth-order valence-electron chi connectivity index (χ4n) is 4.08. The number of carbonyl (C=O) groups excluding carboxylic acids is 2. The first-order valence-electron chi connectivity index (χ1n) is 11.7. The van der Waals surface area contributed by atoms with E-state index >= 15 is 0 Å². The number of amides is 2. The van der Waals surface area contributed by atoms with Gasteiger partial charge in [-0.05, 0) is 48.0 Å². The number of rotatable bonds is 9. The molecule has 2 amide bonds. The van der Waals surface area contributed by atoms with Gasteiger partial charge in [-0.3, -0.25) is 19.7 Å². The topological polar surface area (TPSA) is 175 Å². The highest BCUT2D eigenvalue weighted by Crippen LogP contribution is 2.40. The summed E-state index contributed by atoms with van der Waals surface area (Å²) in [5.74, 6) is -1.68. The van der Waals surface area contributed by atoms with E-state index in [0.717, 1.165) is 0 Å². The number of aliphatic hydroxyl groups is 3. The van der Waals surface area contributed by atoms with E-state index in [-0.39, 0.29) is 44.7 Å².